The highest BCUT2D eigenvalue weighted by atomic mass is 16.5. The largest absolute Gasteiger partial charge is 0.457 e. The Balaban J connectivity index is 1.31. The number of hydrogen-bond donors (Lipinski definition) is 2. The minimum absolute atomic E-state index is 0.380. The van der Waals surface area contributed by atoms with Gasteiger partial charge in [0.1, 0.15) is 17.3 Å². The van der Waals surface area contributed by atoms with Crippen LogP contribution in [0.5, 0.6) is 11.5 Å². The van der Waals surface area contributed by atoms with Crippen molar-refractivity contribution in [3.05, 3.63) is 60.6 Å². The van der Waals surface area contributed by atoms with E-state index in [0.717, 1.165) is 59.4 Å². The first kappa shape index (κ1) is 18.8. The second-order valence-corrected chi connectivity index (χ2v) is 7.87. The first-order chi connectivity index (χ1) is 14.7. The van der Waals surface area contributed by atoms with Crippen molar-refractivity contribution in [3.63, 3.8) is 0 Å². The second kappa shape index (κ2) is 7.93. The molecule has 2 N–H and O–H groups in total. The fourth-order valence-corrected chi connectivity index (χ4v) is 3.95. The standard InChI is InChI=1S/C23H25N5O2/c1-15-13-29-14-16(2)28(15)12-23-25-21-8-7-19(11-22(21)26-23)30-18-5-3-17(4-6-18)20-9-10-24-27-20/h3-11,15-16H,12-14H2,1-2H3,(H,24,27)(H,25,26)/t15-,16-/m0/s1. The number of imidazole rings is 1. The van der Waals surface area contributed by atoms with Gasteiger partial charge in [0, 0.05) is 24.3 Å². The average molecular weight is 403 g/mol. The Morgan fingerprint density at radius 2 is 1.80 bits per heavy atom. The van der Waals surface area contributed by atoms with Crippen molar-refractivity contribution >= 4 is 11.0 Å². The quantitative estimate of drug-likeness (QED) is 0.518. The molecule has 0 unspecified atom stereocenters. The van der Waals surface area contributed by atoms with E-state index in [4.69, 9.17) is 14.5 Å². The van der Waals surface area contributed by atoms with E-state index in [0.29, 0.717) is 12.1 Å². The molecule has 1 saturated heterocycles. The molecule has 5 rings (SSSR count). The number of morpholine rings is 1. The van der Waals surface area contributed by atoms with Crippen molar-refractivity contribution in [1.82, 2.24) is 25.1 Å². The lowest BCUT2D eigenvalue weighted by molar-refractivity contribution is -0.0419. The number of ether oxygens (including phenoxy) is 2. The number of aromatic nitrogens is 4. The molecule has 3 heterocycles. The molecule has 0 amide bonds. The summed E-state index contributed by atoms with van der Waals surface area (Å²) in [5.74, 6) is 2.51. The van der Waals surface area contributed by atoms with E-state index in [-0.39, 0.29) is 0 Å². The summed E-state index contributed by atoms with van der Waals surface area (Å²) in [7, 11) is 0. The lowest BCUT2D eigenvalue weighted by Crippen LogP contribution is -2.49. The molecule has 0 bridgehead atoms. The number of nitrogens with zero attached hydrogens (tertiary/aromatic N) is 3. The summed E-state index contributed by atoms with van der Waals surface area (Å²) < 4.78 is 11.7. The lowest BCUT2D eigenvalue weighted by Gasteiger charge is -2.38. The van der Waals surface area contributed by atoms with Crippen LogP contribution in [0.1, 0.15) is 19.7 Å². The molecule has 2 aromatic carbocycles. The highest BCUT2D eigenvalue weighted by molar-refractivity contribution is 5.77. The van der Waals surface area contributed by atoms with Crippen LogP contribution in [0.3, 0.4) is 0 Å². The maximum absolute atomic E-state index is 6.05. The third kappa shape index (κ3) is 3.81. The number of nitrogens with one attached hydrogen (secondary N) is 2. The molecule has 7 nitrogen and oxygen atoms in total. The molecule has 30 heavy (non-hydrogen) atoms. The number of hydrogen-bond acceptors (Lipinski definition) is 5. The van der Waals surface area contributed by atoms with Gasteiger partial charge in [0.25, 0.3) is 0 Å². The van der Waals surface area contributed by atoms with E-state index < -0.39 is 0 Å². The van der Waals surface area contributed by atoms with E-state index in [1.807, 2.05) is 48.5 Å². The van der Waals surface area contributed by atoms with E-state index in [2.05, 4.69) is 33.9 Å². The molecule has 4 aromatic rings. The Labute approximate surface area is 175 Å². The summed E-state index contributed by atoms with van der Waals surface area (Å²) in [6.07, 6.45) is 1.74. The van der Waals surface area contributed by atoms with Crippen LogP contribution in [0.4, 0.5) is 0 Å². The molecular formula is C23H25N5O2. The fraction of sp³-hybridized carbons (Fsp3) is 0.304. The van der Waals surface area contributed by atoms with Gasteiger partial charge in [-0.05, 0) is 61.9 Å². The SMILES string of the molecule is C[C@H]1COC[C@H](C)N1Cc1nc2cc(Oc3ccc(-c4ccn[nH]4)cc3)ccc2[nH]1. The maximum Gasteiger partial charge on any atom is 0.129 e. The fourth-order valence-electron chi connectivity index (χ4n) is 3.95. The van der Waals surface area contributed by atoms with Gasteiger partial charge in [-0.15, -0.1) is 0 Å². The van der Waals surface area contributed by atoms with Crippen molar-refractivity contribution in [2.45, 2.75) is 32.5 Å². The lowest BCUT2D eigenvalue weighted by atomic mass is 10.1. The Morgan fingerprint density at radius 1 is 1.03 bits per heavy atom. The van der Waals surface area contributed by atoms with Crippen LogP contribution in [-0.4, -0.2) is 50.4 Å². The highest BCUT2D eigenvalue weighted by Gasteiger charge is 2.26. The first-order valence-corrected chi connectivity index (χ1v) is 10.3. The molecule has 7 heteroatoms. The van der Waals surface area contributed by atoms with Gasteiger partial charge in [-0.25, -0.2) is 4.98 Å². The minimum atomic E-state index is 0.380. The van der Waals surface area contributed by atoms with E-state index in [9.17, 15) is 0 Å². The van der Waals surface area contributed by atoms with Crippen LogP contribution in [0, 0.1) is 0 Å². The number of H-pyrrole nitrogens is 2. The molecule has 2 atom stereocenters. The van der Waals surface area contributed by atoms with Crippen molar-refractivity contribution in [2.75, 3.05) is 13.2 Å². The summed E-state index contributed by atoms with van der Waals surface area (Å²) in [6, 6.07) is 16.6. The van der Waals surface area contributed by atoms with Crippen molar-refractivity contribution in [3.8, 4) is 22.8 Å². The summed E-state index contributed by atoms with van der Waals surface area (Å²) in [4.78, 5) is 10.7. The molecule has 154 valence electrons. The van der Waals surface area contributed by atoms with Crippen LogP contribution in [0.2, 0.25) is 0 Å². The summed E-state index contributed by atoms with van der Waals surface area (Å²) >= 11 is 0. The normalized spacial score (nSPS) is 19.9. The van der Waals surface area contributed by atoms with E-state index in [1.54, 1.807) is 6.20 Å². The molecule has 0 aliphatic carbocycles. The zero-order valence-electron chi connectivity index (χ0n) is 17.1. The van der Waals surface area contributed by atoms with Gasteiger partial charge < -0.3 is 14.5 Å². The Kier molecular flexibility index (Phi) is 4.98. The maximum atomic E-state index is 6.05. The smallest absolute Gasteiger partial charge is 0.129 e. The average Bonchev–Trinajstić information content (AvgIpc) is 3.41. The number of fused-ring (bicyclic) bond motifs is 1. The van der Waals surface area contributed by atoms with Crippen LogP contribution >= 0.6 is 0 Å². The van der Waals surface area contributed by atoms with E-state index >= 15 is 0 Å². The zero-order chi connectivity index (χ0) is 20.5. The number of benzene rings is 2. The van der Waals surface area contributed by atoms with Crippen LogP contribution < -0.4 is 4.74 Å². The van der Waals surface area contributed by atoms with Crippen molar-refractivity contribution in [1.29, 1.82) is 0 Å². The highest BCUT2D eigenvalue weighted by Crippen LogP contribution is 2.27. The third-order valence-corrected chi connectivity index (χ3v) is 5.59. The van der Waals surface area contributed by atoms with Gasteiger partial charge in [-0.3, -0.25) is 10.00 Å². The minimum Gasteiger partial charge on any atom is -0.457 e. The summed E-state index contributed by atoms with van der Waals surface area (Å²) in [6.45, 7) is 6.71. The Hall–Kier alpha value is -3.16. The molecule has 0 saturated carbocycles. The monoisotopic (exact) mass is 403 g/mol. The zero-order valence-corrected chi connectivity index (χ0v) is 17.1. The van der Waals surface area contributed by atoms with Gasteiger partial charge in [0.15, 0.2) is 0 Å². The van der Waals surface area contributed by atoms with Crippen molar-refractivity contribution < 1.29 is 9.47 Å². The molecule has 2 aromatic heterocycles. The third-order valence-electron chi connectivity index (χ3n) is 5.59. The van der Waals surface area contributed by atoms with Gasteiger partial charge in [-0.2, -0.15) is 5.10 Å². The van der Waals surface area contributed by atoms with Gasteiger partial charge in [-0.1, -0.05) is 0 Å². The predicted octanol–water partition coefficient (Wildman–Crippen LogP) is 4.35. The van der Waals surface area contributed by atoms with Crippen LogP contribution in [0.25, 0.3) is 22.3 Å². The van der Waals surface area contributed by atoms with Gasteiger partial charge in [0.2, 0.25) is 0 Å². The topological polar surface area (TPSA) is 79.1 Å². The predicted molar refractivity (Wildman–Crippen MR) is 115 cm³/mol. The van der Waals surface area contributed by atoms with Gasteiger partial charge >= 0.3 is 0 Å². The number of aromatic amines is 2. The Morgan fingerprint density at radius 3 is 2.53 bits per heavy atom. The second-order valence-electron chi connectivity index (χ2n) is 7.87. The first-order valence-electron chi connectivity index (χ1n) is 10.3. The molecule has 1 aliphatic heterocycles. The number of rotatable bonds is 5. The van der Waals surface area contributed by atoms with E-state index in [1.165, 1.54) is 0 Å². The molecule has 0 spiro atoms. The summed E-state index contributed by atoms with van der Waals surface area (Å²) in [5.41, 5.74) is 3.97. The Bertz CT molecular complexity index is 1110. The molecular weight excluding hydrogens is 378 g/mol. The molecule has 1 fully saturated rings. The molecule has 1 aliphatic rings. The van der Waals surface area contributed by atoms with Gasteiger partial charge in [0.05, 0.1) is 36.5 Å². The summed E-state index contributed by atoms with van der Waals surface area (Å²) in [5, 5.41) is 6.96. The van der Waals surface area contributed by atoms with Crippen LogP contribution in [0.15, 0.2) is 54.7 Å². The van der Waals surface area contributed by atoms with Crippen LogP contribution in [-0.2, 0) is 11.3 Å². The van der Waals surface area contributed by atoms with Crippen molar-refractivity contribution in [2.24, 2.45) is 0 Å². The molecule has 0 radical (unpaired) electrons.